The van der Waals surface area contributed by atoms with Gasteiger partial charge in [-0.05, 0) is 57.8 Å². The quantitative estimate of drug-likeness (QED) is 0.0248. The molecular formula is C38H71O10P. The van der Waals surface area contributed by atoms with Crippen molar-refractivity contribution >= 4 is 19.8 Å². The van der Waals surface area contributed by atoms with E-state index in [4.69, 9.17) is 19.1 Å². The second-order valence-corrected chi connectivity index (χ2v) is 14.4. The van der Waals surface area contributed by atoms with Crippen LogP contribution < -0.4 is 0 Å². The normalized spacial score (nSPS) is 14.3. The van der Waals surface area contributed by atoms with Gasteiger partial charge in [0.25, 0.3) is 0 Å². The summed E-state index contributed by atoms with van der Waals surface area (Å²) in [6.07, 6.45) is 31.5. The first kappa shape index (κ1) is 47.4. The molecule has 11 heteroatoms. The number of rotatable bonds is 36. The van der Waals surface area contributed by atoms with Gasteiger partial charge < -0.3 is 24.6 Å². The van der Waals surface area contributed by atoms with Crippen LogP contribution >= 0.6 is 7.82 Å². The molecule has 0 heterocycles. The van der Waals surface area contributed by atoms with Crippen molar-refractivity contribution in [2.45, 2.75) is 180 Å². The van der Waals surface area contributed by atoms with Gasteiger partial charge in [0.05, 0.1) is 19.8 Å². The fourth-order valence-electron chi connectivity index (χ4n) is 5.03. The lowest BCUT2D eigenvalue weighted by Gasteiger charge is -2.20. The maximum absolute atomic E-state index is 12.5. The van der Waals surface area contributed by atoms with Gasteiger partial charge in [-0.3, -0.25) is 18.6 Å². The largest absolute Gasteiger partial charge is 0.472 e. The van der Waals surface area contributed by atoms with E-state index in [9.17, 15) is 24.2 Å². The molecule has 0 aliphatic carbocycles. The molecule has 0 aromatic carbocycles. The number of ether oxygens (including phenoxy) is 2. The van der Waals surface area contributed by atoms with E-state index >= 15 is 0 Å². The van der Waals surface area contributed by atoms with Crippen LogP contribution in [-0.2, 0) is 32.7 Å². The highest BCUT2D eigenvalue weighted by Crippen LogP contribution is 2.43. The lowest BCUT2D eigenvalue weighted by atomic mass is 10.1. The van der Waals surface area contributed by atoms with Crippen molar-refractivity contribution in [3.05, 3.63) is 24.3 Å². The van der Waals surface area contributed by atoms with Crippen molar-refractivity contribution in [3.63, 3.8) is 0 Å². The molecule has 288 valence electrons. The molecule has 0 aliphatic heterocycles. The molecule has 0 rings (SSSR count). The Morgan fingerprint density at radius 2 is 1.02 bits per heavy atom. The molecule has 0 saturated heterocycles. The fraction of sp³-hybridized carbons (Fsp3) is 0.842. The third-order valence-corrected chi connectivity index (χ3v) is 9.03. The van der Waals surface area contributed by atoms with E-state index < -0.39 is 51.8 Å². The molecular weight excluding hydrogens is 647 g/mol. The Labute approximate surface area is 298 Å². The number of phosphoric acid groups is 1. The zero-order valence-corrected chi connectivity index (χ0v) is 31.8. The van der Waals surface area contributed by atoms with Crippen LogP contribution in [0.5, 0.6) is 0 Å². The minimum atomic E-state index is -4.61. The Morgan fingerprint density at radius 3 is 1.53 bits per heavy atom. The van der Waals surface area contributed by atoms with Crippen molar-refractivity contribution in [1.29, 1.82) is 0 Å². The Hall–Kier alpha value is -1.55. The Bertz CT molecular complexity index is 879. The molecule has 0 aliphatic rings. The number of aliphatic hydroxyl groups excluding tert-OH is 2. The van der Waals surface area contributed by atoms with Gasteiger partial charge in [0, 0.05) is 12.8 Å². The summed E-state index contributed by atoms with van der Waals surface area (Å²) in [7, 11) is -4.61. The molecule has 1 unspecified atom stereocenters. The van der Waals surface area contributed by atoms with Gasteiger partial charge in [-0.1, -0.05) is 122 Å². The van der Waals surface area contributed by atoms with E-state index in [-0.39, 0.29) is 19.4 Å². The summed E-state index contributed by atoms with van der Waals surface area (Å²) in [6.45, 7) is 2.30. The van der Waals surface area contributed by atoms with Crippen molar-refractivity contribution in [3.8, 4) is 0 Å². The molecule has 3 N–H and O–H groups in total. The molecule has 10 nitrogen and oxygen atoms in total. The lowest BCUT2D eigenvalue weighted by Crippen LogP contribution is -2.29. The minimum absolute atomic E-state index is 0.174. The van der Waals surface area contributed by atoms with Crippen LogP contribution in [0.4, 0.5) is 0 Å². The molecule has 3 atom stereocenters. The summed E-state index contributed by atoms with van der Waals surface area (Å²) in [6, 6.07) is 0. The van der Waals surface area contributed by atoms with Crippen LogP contribution in [0.15, 0.2) is 24.3 Å². The van der Waals surface area contributed by atoms with Crippen molar-refractivity contribution in [1.82, 2.24) is 0 Å². The number of phosphoric ester groups is 1. The molecule has 0 fully saturated rings. The van der Waals surface area contributed by atoms with Crippen LogP contribution in [0.3, 0.4) is 0 Å². The lowest BCUT2D eigenvalue weighted by molar-refractivity contribution is -0.161. The van der Waals surface area contributed by atoms with Gasteiger partial charge in [-0.25, -0.2) is 4.57 Å². The van der Waals surface area contributed by atoms with Gasteiger partial charge in [-0.15, -0.1) is 0 Å². The molecule has 0 amide bonds. The van der Waals surface area contributed by atoms with Crippen LogP contribution in [0.1, 0.15) is 168 Å². The monoisotopic (exact) mass is 718 g/mol. The highest BCUT2D eigenvalue weighted by Gasteiger charge is 2.27. The summed E-state index contributed by atoms with van der Waals surface area (Å²) in [5.41, 5.74) is 0. The highest BCUT2D eigenvalue weighted by molar-refractivity contribution is 7.47. The number of aliphatic hydroxyl groups is 2. The zero-order chi connectivity index (χ0) is 36.3. The number of allylic oxidation sites excluding steroid dienone is 4. The number of carbonyl (C=O) groups is 2. The first-order chi connectivity index (χ1) is 23.7. The summed E-state index contributed by atoms with van der Waals surface area (Å²) in [5.74, 6) is -0.946. The van der Waals surface area contributed by atoms with Crippen LogP contribution in [0.2, 0.25) is 0 Å². The van der Waals surface area contributed by atoms with Crippen molar-refractivity contribution < 1.29 is 47.8 Å². The maximum Gasteiger partial charge on any atom is 0.472 e. The first-order valence-corrected chi connectivity index (χ1v) is 20.8. The Morgan fingerprint density at radius 1 is 0.592 bits per heavy atom. The summed E-state index contributed by atoms with van der Waals surface area (Å²) < 4.78 is 32.5. The third-order valence-electron chi connectivity index (χ3n) is 8.08. The molecule has 0 aromatic heterocycles. The third kappa shape index (κ3) is 34.7. The van der Waals surface area contributed by atoms with E-state index in [2.05, 4.69) is 42.7 Å². The van der Waals surface area contributed by atoms with Gasteiger partial charge >= 0.3 is 19.8 Å². The highest BCUT2D eigenvalue weighted by atomic mass is 31.2. The number of carbonyl (C=O) groups excluding carboxylic acids is 2. The molecule has 0 spiro atoms. The first-order valence-electron chi connectivity index (χ1n) is 19.3. The standard InChI is InChI=1S/C38H71O10P/c1-3-5-7-9-11-13-15-16-17-18-20-22-24-26-28-30-38(42)48-36(34-47-49(43,44)46-32-35(40)31-39)33-45-37(41)29-27-25-23-21-19-14-12-10-8-6-4-2/h10,12,16-17,35-36,39-40H,3-9,11,13-15,18-34H2,1-2H3,(H,43,44)/b12-10-,17-16-/t35-,36+/m0/s1. The molecule has 0 aromatic rings. The summed E-state index contributed by atoms with van der Waals surface area (Å²) in [5, 5.41) is 18.3. The minimum Gasteiger partial charge on any atom is -0.462 e. The number of esters is 2. The zero-order valence-electron chi connectivity index (χ0n) is 30.9. The van der Waals surface area contributed by atoms with E-state index in [0.29, 0.717) is 12.8 Å². The molecule has 0 radical (unpaired) electrons. The average molecular weight is 719 g/mol. The average Bonchev–Trinajstić information content (AvgIpc) is 3.09. The second kappa shape index (κ2) is 34.9. The summed E-state index contributed by atoms with van der Waals surface area (Å²) >= 11 is 0. The van der Waals surface area contributed by atoms with E-state index in [1.165, 1.54) is 51.4 Å². The van der Waals surface area contributed by atoms with Crippen LogP contribution in [0.25, 0.3) is 0 Å². The van der Waals surface area contributed by atoms with E-state index in [1.807, 2.05) is 0 Å². The number of unbranched alkanes of at least 4 members (excludes halogenated alkanes) is 18. The van der Waals surface area contributed by atoms with Gasteiger partial charge in [0.1, 0.15) is 12.7 Å². The second-order valence-electron chi connectivity index (χ2n) is 12.9. The number of hydrogen-bond donors (Lipinski definition) is 3. The predicted octanol–water partition coefficient (Wildman–Crippen LogP) is 9.44. The Balaban J connectivity index is 4.38. The smallest absolute Gasteiger partial charge is 0.462 e. The van der Waals surface area contributed by atoms with Crippen LogP contribution in [0, 0.1) is 0 Å². The molecule has 49 heavy (non-hydrogen) atoms. The van der Waals surface area contributed by atoms with Gasteiger partial charge in [0.15, 0.2) is 6.10 Å². The molecule has 0 saturated carbocycles. The van der Waals surface area contributed by atoms with Crippen molar-refractivity contribution in [2.75, 3.05) is 26.4 Å². The van der Waals surface area contributed by atoms with E-state index in [1.54, 1.807) is 0 Å². The van der Waals surface area contributed by atoms with Crippen molar-refractivity contribution in [2.24, 2.45) is 0 Å². The van der Waals surface area contributed by atoms with Crippen LogP contribution in [-0.4, -0.2) is 65.7 Å². The maximum atomic E-state index is 12.5. The number of hydrogen-bond acceptors (Lipinski definition) is 9. The summed E-state index contributed by atoms with van der Waals surface area (Å²) in [4.78, 5) is 34.8. The SMILES string of the molecule is CCCC/C=C\CCCCCCCC(=O)OC[C@H](COP(=O)(O)OC[C@@H](O)CO)OC(=O)CCCCCCC/C=C\CCCCCCCC. The fourth-order valence-corrected chi connectivity index (χ4v) is 5.82. The van der Waals surface area contributed by atoms with Gasteiger partial charge in [-0.2, -0.15) is 0 Å². The molecule has 0 bridgehead atoms. The topological polar surface area (TPSA) is 149 Å². The predicted molar refractivity (Wildman–Crippen MR) is 196 cm³/mol. The van der Waals surface area contributed by atoms with Gasteiger partial charge in [0.2, 0.25) is 0 Å². The Kier molecular flexibility index (Phi) is 33.8. The van der Waals surface area contributed by atoms with E-state index in [0.717, 1.165) is 77.0 Å².